The van der Waals surface area contributed by atoms with E-state index >= 15 is 0 Å². The predicted octanol–water partition coefficient (Wildman–Crippen LogP) is 0.538. The molecule has 0 aliphatic heterocycles. The molecule has 0 saturated heterocycles. The van der Waals surface area contributed by atoms with Crippen LogP contribution in [-0.4, -0.2) is 20.5 Å². The van der Waals surface area contributed by atoms with Crippen LogP contribution < -0.4 is 5.56 Å². The van der Waals surface area contributed by atoms with Gasteiger partial charge in [-0.15, -0.1) is 0 Å². The van der Waals surface area contributed by atoms with Gasteiger partial charge in [-0.2, -0.15) is 0 Å². The molecule has 0 aliphatic carbocycles. The Labute approximate surface area is 79.0 Å². The first-order valence-corrected chi connectivity index (χ1v) is 3.99. The highest BCUT2D eigenvalue weighted by molar-refractivity contribution is 5.66. The molecule has 70 valence electrons. The van der Waals surface area contributed by atoms with Crippen LogP contribution in [0.2, 0.25) is 0 Å². The maximum Gasteiger partial charge on any atom is 0.278 e. The topological polar surface area (TPSA) is 78.9 Å². The number of aromatic hydroxyl groups is 1. The first-order chi connectivity index (χ1) is 6.79. The molecule has 0 unspecified atom stereocenters. The second-order valence-corrected chi connectivity index (χ2v) is 2.71. The van der Waals surface area contributed by atoms with E-state index in [1.807, 2.05) is 6.07 Å². The third-order valence-corrected chi connectivity index (χ3v) is 1.81. The van der Waals surface area contributed by atoms with Gasteiger partial charge in [0.15, 0.2) is 0 Å². The monoisotopic (exact) mass is 189 g/mol. The van der Waals surface area contributed by atoms with E-state index in [0.29, 0.717) is 5.56 Å². The Kier molecular flexibility index (Phi) is 1.98. The quantitative estimate of drug-likeness (QED) is 0.686. The summed E-state index contributed by atoms with van der Waals surface area (Å²) >= 11 is 0. The fraction of sp³-hybridized carbons (Fsp3) is 0. The Bertz CT molecular complexity index is 493. The Morgan fingerprint density at radius 1 is 1.21 bits per heavy atom. The molecule has 0 atom stereocenters. The van der Waals surface area contributed by atoms with Crippen LogP contribution in [0.3, 0.4) is 0 Å². The molecule has 0 fully saturated rings. The lowest BCUT2D eigenvalue weighted by atomic mass is 10.1. The number of nitrogens with one attached hydrogen (secondary N) is 1. The lowest BCUT2D eigenvalue weighted by Crippen LogP contribution is -2.12. The first kappa shape index (κ1) is 8.43. The molecule has 0 amide bonds. The highest BCUT2D eigenvalue weighted by Crippen LogP contribution is 2.20. The number of H-pyrrole nitrogens is 1. The van der Waals surface area contributed by atoms with Gasteiger partial charge in [-0.3, -0.25) is 4.79 Å². The van der Waals surface area contributed by atoms with Crippen molar-refractivity contribution in [2.45, 2.75) is 0 Å². The van der Waals surface area contributed by atoms with E-state index in [1.54, 1.807) is 24.3 Å². The molecule has 1 aromatic carbocycles. The minimum atomic E-state index is -0.455. The minimum Gasteiger partial charge on any atom is -0.492 e. The summed E-state index contributed by atoms with van der Waals surface area (Å²) in [7, 11) is 0. The number of benzene rings is 1. The molecular formula is C9H7N3O2. The van der Waals surface area contributed by atoms with Crippen LogP contribution in [0, 0.1) is 0 Å². The Morgan fingerprint density at radius 2 is 1.93 bits per heavy atom. The van der Waals surface area contributed by atoms with Crippen molar-refractivity contribution < 1.29 is 5.11 Å². The SMILES string of the molecule is O=c1[nH]nnc(O)c1-c1ccccc1. The van der Waals surface area contributed by atoms with E-state index in [1.165, 1.54) is 0 Å². The standard InChI is InChI=1S/C9H7N3O2/c13-8-7(9(14)11-12-10-8)6-4-2-1-3-5-6/h1-5H,(H2,10,11,13,14). The highest BCUT2D eigenvalue weighted by atomic mass is 16.3. The summed E-state index contributed by atoms with van der Waals surface area (Å²) in [6, 6.07) is 8.80. The molecule has 0 spiro atoms. The van der Waals surface area contributed by atoms with E-state index in [0.717, 1.165) is 0 Å². The van der Waals surface area contributed by atoms with Crippen LogP contribution in [0.15, 0.2) is 35.1 Å². The summed E-state index contributed by atoms with van der Waals surface area (Å²) in [5.41, 5.74) is 0.297. The van der Waals surface area contributed by atoms with Gasteiger partial charge >= 0.3 is 0 Å². The molecule has 5 nitrogen and oxygen atoms in total. The van der Waals surface area contributed by atoms with Crippen LogP contribution in [-0.2, 0) is 0 Å². The lowest BCUT2D eigenvalue weighted by molar-refractivity contribution is 0.441. The average Bonchev–Trinajstić information content (AvgIpc) is 2.19. The van der Waals surface area contributed by atoms with Crippen LogP contribution in [0.4, 0.5) is 0 Å². The van der Waals surface area contributed by atoms with Crippen molar-refractivity contribution in [2.24, 2.45) is 0 Å². The van der Waals surface area contributed by atoms with Gasteiger partial charge < -0.3 is 5.11 Å². The van der Waals surface area contributed by atoms with Gasteiger partial charge in [-0.1, -0.05) is 40.6 Å². The van der Waals surface area contributed by atoms with E-state index < -0.39 is 5.56 Å². The number of hydrogen-bond acceptors (Lipinski definition) is 4. The molecule has 2 rings (SSSR count). The number of nitrogens with zero attached hydrogens (tertiary/aromatic N) is 2. The number of aromatic nitrogens is 3. The molecule has 1 heterocycles. The fourth-order valence-corrected chi connectivity index (χ4v) is 1.19. The van der Waals surface area contributed by atoms with Crippen molar-refractivity contribution in [3.05, 3.63) is 40.7 Å². The van der Waals surface area contributed by atoms with Crippen molar-refractivity contribution >= 4 is 0 Å². The van der Waals surface area contributed by atoms with Crippen LogP contribution >= 0.6 is 0 Å². The average molecular weight is 189 g/mol. The minimum absolute atomic E-state index is 0.139. The maximum atomic E-state index is 11.3. The van der Waals surface area contributed by atoms with Gasteiger partial charge in [0.05, 0.1) is 0 Å². The zero-order valence-electron chi connectivity index (χ0n) is 7.14. The Balaban J connectivity index is 2.69. The van der Waals surface area contributed by atoms with Crippen LogP contribution in [0.25, 0.3) is 11.1 Å². The van der Waals surface area contributed by atoms with Gasteiger partial charge in [-0.05, 0) is 5.56 Å². The summed E-state index contributed by atoms with van der Waals surface area (Å²) in [6.45, 7) is 0. The fourth-order valence-electron chi connectivity index (χ4n) is 1.19. The summed E-state index contributed by atoms with van der Waals surface area (Å²) in [5, 5.41) is 18.1. The van der Waals surface area contributed by atoms with Gasteiger partial charge in [0.2, 0.25) is 5.88 Å². The molecular weight excluding hydrogens is 182 g/mol. The smallest absolute Gasteiger partial charge is 0.278 e. The highest BCUT2D eigenvalue weighted by Gasteiger charge is 2.09. The van der Waals surface area contributed by atoms with Crippen LogP contribution in [0.1, 0.15) is 0 Å². The summed E-state index contributed by atoms with van der Waals surface area (Å²) in [5.74, 6) is -0.361. The van der Waals surface area contributed by atoms with Crippen molar-refractivity contribution in [1.82, 2.24) is 15.4 Å². The first-order valence-electron chi connectivity index (χ1n) is 3.99. The molecule has 5 heteroatoms. The van der Waals surface area contributed by atoms with Gasteiger partial charge in [-0.25, -0.2) is 5.10 Å². The van der Waals surface area contributed by atoms with E-state index in [9.17, 15) is 9.90 Å². The van der Waals surface area contributed by atoms with Gasteiger partial charge in [0, 0.05) is 0 Å². The predicted molar refractivity (Wildman–Crippen MR) is 49.8 cm³/mol. The molecule has 2 N–H and O–H groups in total. The third-order valence-electron chi connectivity index (χ3n) is 1.81. The second kappa shape index (κ2) is 3.29. The van der Waals surface area contributed by atoms with Crippen molar-refractivity contribution in [1.29, 1.82) is 0 Å². The van der Waals surface area contributed by atoms with Crippen molar-refractivity contribution in [3.8, 4) is 17.0 Å². The van der Waals surface area contributed by atoms with E-state index in [4.69, 9.17) is 0 Å². The molecule has 0 radical (unpaired) electrons. The second-order valence-electron chi connectivity index (χ2n) is 2.71. The van der Waals surface area contributed by atoms with Crippen molar-refractivity contribution in [2.75, 3.05) is 0 Å². The van der Waals surface area contributed by atoms with Gasteiger partial charge in [0.1, 0.15) is 5.56 Å². The maximum absolute atomic E-state index is 11.3. The normalized spacial score (nSPS) is 10.0. The summed E-state index contributed by atoms with van der Waals surface area (Å²) in [6.07, 6.45) is 0. The Morgan fingerprint density at radius 3 is 2.57 bits per heavy atom. The van der Waals surface area contributed by atoms with Crippen molar-refractivity contribution in [3.63, 3.8) is 0 Å². The largest absolute Gasteiger partial charge is 0.492 e. The molecule has 1 aromatic heterocycles. The number of aromatic amines is 1. The number of rotatable bonds is 1. The zero-order chi connectivity index (χ0) is 9.97. The van der Waals surface area contributed by atoms with Gasteiger partial charge in [0.25, 0.3) is 5.56 Å². The molecule has 2 aromatic rings. The molecule has 14 heavy (non-hydrogen) atoms. The molecule has 0 aliphatic rings. The molecule has 0 bridgehead atoms. The lowest BCUT2D eigenvalue weighted by Gasteiger charge is -1.99. The van der Waals surface area contributed by atoms with E-state index in [2.05, 4.69) is 15.4 Å². The van der Waals surface area contributed by atoms with E-state index in [-0.39, 0.29) is 11.4 Å². The summed E-state index contributed by atoms with van der Waals surface area (Å²) < 4.78 is 0. The van der Waals surface area contributed by atoms with Crippen LogP contribution in [0.5, 0.6) is 5.88 Å². The number of hydrogen-bond donors (Lipinski definition) is 2. The zero-order valence-corrected chi connectivity index (χ0v) is 7.14. The molecule has 0 saturated carbocycles. The summed E-state index contributed by atoms with van der Waals surface area (Å²) in [4.78, 5) is 11.3. The third kappa shape index (κ3) is 1.35. The Hall–Kier alpha value is -2.17.